The molecule has 3 saturated heterocycles. The van der Waals surface area contributed by atoms with Crippen LogP contribution in [-0.4, -0.2) is 79.3 Å². The van der Waals surface area contributed by atoms with E-state index in [0.29, 0.717) is 34.7 Å². The van der Waals surface area contributed by atoms with Gasteiger partial charge in [0.2, 0.25) is 11.8 Å². The summed E-state index contributed by atoms with van der Waals surface area (Å²) in [6, 6.07) is 0.225. The normalized spacial score (nSPS) is 50.5. The van der Waals surface area contributed by atoms with Crippen LogP contribution in [0.2, 0.25) is 0 Å². The molecule has 7 aliphatic rings. The first kappa shape index (κ1) is 29.5. The molecule has 4 saturated carbocycles. The van der Waals surface area contributed by atoms with Crippen molar-refractivity contribution in [2.45, 2.75) is 116 Å². The van der Waals surface area contributed by atoms with Crippen molar-refractivity contribution in [3.8, 4) is 0 Å². The minimum atomic E-state index is -0.0752. The lowest BCUT2D eigenvalue weighted by molar-refractivity contribution is -0.139. The van der Waals surface area contributed by atoms with Crippen molar-refractivity contribution < 1.29 is 14.3 Å². The molecule has 1 unspecified atom stereocenters. The van der Waals surface area contributed by atoms with Crippen LogP contribution in [0.15, 0.2) is 0 Å². The molecule has 1 spiro atoms. The third-order valence-electron chi connectivity index (χ3n) is 14.7. The van der Waals surface area contributed by atoms with Crippen molar-refractivity contribution in [3.63, 3.8) is 0 Å². The fraction of sp³-hybridized carbons (Fsp3) is 0.943. The Bertz CT molecular complexity index is 1050. The molecular weight excluding hydrogens is 524 g/mol. The average molecular weight is 583 g/mol. The SMILES string of the molecule is C[C@@H]1CC[C@@]2(NC1)O[C@H]1C[C@H]3[C@@H]4CC[C@H]5CC(NC(=O)CC(=O)N6CCN(C)CC6)CC[C@]5(C)[C@H]4CC[C@]3(C)[C@H]1[C@@H]2C. The fourth-order valence-corrected chi connectivity index (χ4v) is 12.2. The molecule has 7 rings (SSSR count). The zero-order valence-electron chi connectivity index (χ0n) is 27.1. The number of rotatable bonds is 3. The monoisotopic (exact) mass is 582 g/mol. The third-order valence-corrected chi connectivity index (χ3v) is 14.7. The summed E-state index contributed by atoms with van der Waals surface area (Å²) in [6.45, 7) is 14.5. The van der Waals surface area contributed by atoms with Gasteiger partial charge in [-0.25, -0.2) is 0 Å². The van der Waals surface area contributed by atoms with Crippen molar-refractivity contribution in [1.29, 1.82) is 0 Å². The molecule has 0 radical (unpaired) electrons. The Kier molecular flexibility index (Phi) is 7.54. The summed E-state index contributed by atoms with van der Waals surface area (Å²) in [6.07, 6.45) is 12.9. The number of nitrogens with zero attached hydrogens (tertiary/aromatic N) is 2. The number of amides is 2. The number of hydrogen-bond acceptors (Lipinski definition) is 5. The van der Waals surface area contributed by atoms with Crippen LogP contribution >= 0.6 is 0 Å². The Hall–Kier alpha value is -1.18. The van der Waals surface area contributed by atoms with Gasteiger partial charge in [-0.2, -0.15) is 0 Å². The van der Waals surface area contributed by atoms with E-state index in [1.54, 1.807) is 0 Å². The van der Waals surface area contributed by atoms with Gasteiger partial charge in [0.1, 0.15) is 12.1 Å². The highest BCUT2D eigenvalue weighted by molar-refractivity contribution is 5.97. The lowest BCUT2D eigenvalue weighted by Gasteiger charge is -2.61. The van der Waals surface area contributed by atoms with Crippen molar-refractivity contribution in [3.05, 3.63) is 0 Å². The molecule has 3 aliphatic heterocycles. The van der Waals surface area contributed by atoms with Crippen LogP contribution in [0.5, 0.6) is 0 Å². The number of hydrogen-bond donors (Lipinski definition) is 2. The van der Waals surface area contributed by atoms with E-state index in [-0.39, 0.29) is 30.0 Å². The summed E-state index contributed by atoms with van der Waals surface area (Å²) in [5, 5.41) is 7.21. The van der Waals surface area contributed by atoms with E-state index < -0.39 is 0 Å². The molecule has 0 aromatic heterocycles. The molecule has 236 valence electrons. The molecule has 2 amide bonds. The number of carbonyl (C=O) groups is 2. The van der Waals surface area contributed by atoms with Gasteiger partial charge in [0.25, 0.3) is 0 Å². The second-order valence-corrected chi connectivity index (χ2v) is 16.7. The lowest BCUT2D eigenvalue weighted by atomic mass is 9.44. The maximum Gasteiger partial charge on any atom is 0.232 e. The summed E-state index contributed by atoms with van der Waals surface area (Å²) >= 11 is 0. The summed E-state index contributed by atoms with van der Waals surface area (Å²) in [5.74, 6) is 5.08. The molecule has 7 fully saturated rings. The Morgan fingerprint density at radius 2 is 1.67 bits per heavy atom. The van der Waals surface area contributed by atoms with Gasteiger partial charge >= 0.3 is 0 Å². The maximum absolute atomic E-state index is 12.9. The molecule has 12 atom stereocenters. The van der Waals surface area contributed by atoms with Crippen molar-refractivity contribution in [2.24, 2.45) is 52.3 Å². The Morgan fingerprint density at radius 1 is 0.905 bits per heavy atom. The van der Waals surface area contributed by atoms with E-state index in [1.165, 1.54) is 51.4 Å². The van der Waals surface area contributed by atoms with Gasteiger partial charge in [-0.1, -0.05) is 27.7 Å². The summed E-state index contributed by atoms with van der Waals surface area (Å²) in [4.78, 5) is 29.8. The van der Waals surface area contributed by atoms with E-state index in [0.717, 1.165) is 69.2 Å². The molecule has 4 aliphatic carbocycles. The molecule has 42 heavy (non-hydrogen) atoms. The number of ether oxygens (including phenoxy) is 1. The number of piperidine rings is 1. The Balaban J connectivity index is 0.971. The average Bonchev–Trinajstić information content (AvgIpc) is 3.40. The topological polar surface area (TPSA) is 73.9 Å². The number of likely N-dealkylation sites (N-methyl/N-ethyl adjacent to an activating group) is 1. The van der Waals surface area contributed by atoms with Gasteiger partial charge in [0.05, 0.1) is 6.10 Å². The second kappa shape index (κ2) is 10.7. The quantitative estimate of drug-likeness (QED) is 0.474. The summed E-state index contributed by atoms with van der Waals surface area (Å²) in [7, 11) is 2.09. The van der Waals surface area contributed by atoms with Crippen LogP contribution in [0.4, 0.5) is 0 Å². The summed E-state index contributed by atoms with van der Waals surface area (Å²) < 4.78 is 7.08. The molecular formula is C35H58N4O3. The largest absolute Gasteiger partial charge is 0.357 e. The van der Waals surface area contributed by atoms with Crippen LogP contribution in [0.1, 0.15) is 98.3 Å². The van der Waals surface area contributed by atoms with Crippen molar-refractivity contribution >= 4 is 11.8 Å². The molecule has 2 N–H and O–H groups in total. The Labute approximate surface area is 254 Å². The van der Waals surface area contributed by atoms with E-state index >= 15 is 0 Å². The first-order valence-electron chi connectivity index (χ1n) is 17.7. The number of carbonyl (C=O) groups excluding carboxylic acids is 2. The smallest absolute Gasteiger partial charge is 0.232 e. The minimum absolute atomic E-state index is 0.00572. The van der Waals surface area contributed by atoms with Gasteiger partial charge in [-0.3, -0.25) is 14.9 Å². The standard InChI is InChI=1S/C35H58N4O3/c1-22-8-13-35(36-21-22)23(2)32-29(42-35)19-28-26-7-6-24-18-25(9-11-33(24,3)27(26)10-12-34(28,32)4)37-30(40)20-31(41)39-16-14-38(5)15-17-39/h22-29,32,36H,6-21H2,1-5H3,(H,37,40)/t22-,23+,24+,25?,26-,27+,28+,29+,32+,33+,34+,35-/m1/s1. The molecule has 0 aromatic rings. The summed E-state index contributed by atoms with van der Waals surface area (Å²) in [5.41, 5.74) is 0.714. The number of fused-ring (bicyclic) bond motifs is 7. The van der Waals surface area contributed by atoms with Gasteiger partial charge in [0.15, 0.2) is 0 Å². The highest BCUT2D eigenvalue weighted by Crippen LogP contribution is 2.71. The highest BCUT2D eigenvalue weighted by Gasteiger charge is 2.68. The second-order valence-electron chi connectivity index (χ2n) is 16.7. The maximum atomic E-state index is 12.9. The molecule has 7 nitrogen and oxygen atoms in total. The molecule has 0 aromatic carbocycles. The lowest BCUT2D eigenvalue weighted by Crippen LogP contribution is -2.58. The van der Waals surface area contributed by atoms with Gasteiger partial charge in [-0.05, 0) is 118 Å². The first-order chi connectivity index (χ1) is 20.0. The van der Waals surface area contributed by atoms with Gasteiger partial charge in [-0.15, -0.1) is 0 Å². The minimum Gasteiger partial charge on any atom is -0.357 e. The van der Waals surface area contributed by atoms with E-state index in [9.17, 15) is 9.59 Å². The van der Waals surface area contributed by atoms with Crippen LogP contribution in [0.3, 0.4) is 0 Å². The number of nitrogens with one attached hydrogen (secondary N) is 2. The van der Waals surface area contributed by atoms with E-state index in [1.807, 2.05) is 4.90 Å². The number of piperazine rings is 1. The predicted molar refractivity (Wildman–Crippen MR) is 164 cm³/mol. The predicted octanol–water partition coefficient (Wildman–Crippen LogP) is 4.65. The van der Waals surface area contributed by atoms with Gasteiger partial charge < -0.3 is 19.9 Å². The fourth-order valence-electron chi connectivity index (χ4n) is 12.2. The van der Waals surface area contributed by atoms with Crippen LogP contribution in [0, 0.1) is 52.3 Å². The van der Waals surface area contributed by atoms with Crippen molar-refractivity contribution in [1.82, 2.24) is 20.4 Å². The highest BCUT2D eigenvalue weighted by atomic mass is 16.5. The van der Waals surface area contributed by atoms with Crippen LogP contribution in [0.25, 0.3) is 0 Å². The zero-order valence-corrected chi connectivity index (χ0v) is 27.1. The Morgan fingerprint density at radius 3 is 2.40 bits per heavy atom. The third kappa shape index (κ3) is 4.69. The molecule has 7 heteroatoms. The molecule has 0 bridgehead atoms. The van der Waals surface area contributed by atoms with Crippen LogP contribution in [-0.2, 0) is 14.3 Å². The van der Waals surface area contributed by atoms with E-state index in [4.69, 9.17) is 4.74 Å². The first-order valence-corrected chi connectivity index (χ1v) is 17.7. The van der Waals surface area contributed by atoms with E-state index in [2.05, 4.69) is 50.3 Å². The van der Waals surface area contributed by atoms with Gasteiger partial charge in [0, 0.05) is 44.7 Å². The van der Waals surface area contributed by atoms with Crippen molar-refractivity contribution in [2.75, 3.05) is 39.8 Å². The zero-order chi connectivity index (χ0) is 29.4. The molecule has 3 heterocycles. The van der Waals surface area contributed by atoms with Crippen LogP contribution < -0.4 is 10.6 Å².